The number of halogens is 1. The second kappa shape index (κ2) is 4.42. The Bertz CT molecular complexity index is 589. The monoisotopic (exact) mass is 356 g/mol. The molecule has 1 aliphatic heterocycles. The van der Waals surface area contributed by atoms with E-state index in [2.05, 4.69) is 22.6 Å². The normalized spacial score (nSPS) is 13.2. The van der Waals surface area contributed by atoms with Gasteiger partial charge in [-0.05, 0) is 40.3 Å². The molecule has 0 atom stereocenters. The van der Waals surface area contributed by atoms with Crippen LogP contribution < -0.4 is 4.74 Å². The van der Waals surface area contributed by atoms with Crippen LogP contribution in [0.15, 0.2) is 29.6 Å². The molecule has 1 aromatic carbocycles. The van der Waals surface area contributed by atoms with Gasteiger partial charge in [0.15, 0.2) is 5.78 Å². The number of thiophene rings is 1. The molecule has 0 unspecified atom stereocenters. The van der Waals surface area contributed by atoms with Gasteiger partial charge in [0.25, 0.3) is 0 Å². The molecule has 1 aliphatic rings. The summed E-state index contributed by atoms with van der Waals surface area (Å²) in [6.45, 7) is 0.681. The second-order valence-electron chi connectivity index (χ2n) is 3.86. The SMILES string of the molecule is O=C(c1csc(I)c1)c1cccc2c1OCC2. The van der Waals surface area contributed by atoms with Gasteiger partial charge in [-0.1, -0.05) is 12.1 Å². The Kier molecular flexibility index (Phi) is 2.92. The smallest absolute Gasteiger partial charge is 0.197 e. The molecule has 0 fully saturated rings. The van der Waals surface area contributed by atoms with Gasteiger partial charge < -0.3 is 4.74 Å². The molecule has 0 bridgehead atoms. The fraction of sp³-hybridized carbons (Fsp3) is 0.154. The number of hydrogen-bond donors (Lipinski definition) is 0. The molecule has 3 rings (SSSR count). The number of fused-ring (bicyclic) bond motifs is 1. The molecule has 0 N–H and O–H groups in total. The molecule has 0 saturated heterocycles. The van der Waals surface area contributed by atoms with Crippen LogP contribution in [0.4, 0.5) is 0 Å². The van der Waals surface area contributed by atoms with E-state index in [1.165, 1.54) is 0 Å². The third kappa shape index (κ3) is 1.99. The van der Waals surface area contributed by atoms with Gasteiger partial charge in [-0.15, -0.1) is 11.3 Å². The molecule has 2 nitrogen and oxygen atoms in total. The highest BCUT2D eigenvalue weighted by Crippen LogP contribution is 2.31. The van der Waals surface area contributed by atoms with E-state index in [9.17, 15) is 4.79 Å². The van der Waals surface area contributed by atoms with E-state index in [0.717, 1.165) is 26.2 Å². The Labute approximate surface area is 117 Å². The lowest BCUT2D eigenvalue weighted by Gasteiger charge is -2.05. The maximum atomic E-state index is 12.3. The second-order valence-corrected chi connectivity index (χ2v) is 6.67. The first-order valence-corrected chi connectivity index (χ1v) is 7.25. The van der Waals surface area contributed by atoms with Crippen molar-refractivity contribution in [2.45, 2.75) is 6.42 Å². The lowest BCUT2D eigenvalue weighted by Crippen LogP contribution is -2.02. The number of carbonyl (C=O) groups is 1. The molecule has 86 valence electrons. The molecule has 17 heavy (non-hydrogen) atoms. The third-order valence-electron chi connectivity index (χ3n) is 2.79. The zero-order valence-corrected chi connectivity index (χ0v) is 11.9. The highest BCUT2D eigenvalue weighted by molar-refractivity contribution is 14.1. The number of carbonyl (C=O) groups excluding carboxylic acids is 1. The van der Waals surface area contributed by atoms with Crippen molar-refractivity contribution in [2.24, 2.45) is 0 Å². The lowest BCUT2D eigenvalue weighted by molar-refractivity contribution is 0.103. The standard InChI is InChI=1S/C13H9IO2S/c14-11-6-9(7-17-11)12(15)10-3-1-2-8-4-5-16-13(8)10/h1-3,6-7H,4-5H2. The summed E-state index contributed by atoms with van der Waals surface area (Å²) in [7, 11) is 0. The van der Waals surface area contributed by atoms with Gasteiger partial charge in [0, 0.05) is 17.4 Å². The minimum atomic E-state index is 0.0583. The first kappa shape index (κ1) is 11.2. The van der Waals surface area contributed by atoms with Crippen molar-refractivity contribution in [3.05, 3.63) is 49.2 Å². The summed E-state index contributed by atoms with van der Waals surface area (Å²) in [4.78, 5) is 12.3. The van der Waals surface area contributed by atoms with Crippen molar-refractivity contribution in [3.8, 4) is 5.75 Å². The van der Waals surface area contributed by atoms with Crippen LogP contribution in [0.1, 0.15) is 21.5 Å². The van der Waals surface area contributed by atoms with Crippen LogP contribution in [0.3, 0.4) is 0 Å². The minimum absolute atomic E-state index is 0.0583. The van der Waals surface area contributed by atoms with Gasteiger partial charge in [-0.25, -0.2) is 0 Å². The van der Waals surface area contributed by atoms with Gasteiger partial charge in [0.05, 0.1) is 15.1 Å². The molecular weight excluding hydrogens is 347 g/mol. The van der Waals surface area contributed by atoms with Gasteiger partial charge in [0.1, 0.15) is 5.75 Å². The lowest BCUT2D eigenvalue weighted by atomic mass is 10.0. The van der Waals surface area contributed by atoms with E-state index in [1.807, 2.05) is 29.6 Å². The van der Waals surface area contributed by atoms with Crippen LogP contribution in [0.25, 0.3) is 0 Å². The van der Waals surface area contributed by atoms with Crippen LogP contribution in [-0.2, 0) is 6.42 Å². The summed E-state index contributed by atoms with van der Waals surface area (Å²) in [5, 5.41) is 1.90. The summed E-state index contributed by atoms with van der Waals surface area (Å²) in [5.41, 5.74) is 2.58. The van der Waals surface area contributed by atoms with E-state index in [1.54, 1.807) is 11.3 Å². The Balaban J connectivity index is 2.05. The molecule has 0 radical (unpaired) electrons. The zero-order chi connectivity index (χ0) is 11.8. The van der Waals surface area contributed by atoms with Crippen molar-refractivity contribution >= 4 is 39.7 Å². The van der Waals surface area contributed by atoms with Gasteiger partial charge >= 0.3 is 0 Å². The first-order valence-electron chi connectivity index (χ1n) is 5.29. The van der Waals surface area contributed by atoms with Crippen molar-refractivity contribution in [1.29, 1.82) is 0 Å². The number of para-hydroxylation sites is 1. The summed E-state index contributed by atoms with van der Waals surface area (Å²) in [6, 6.07) is 7.72. The molecule has 1 aromatic heterocycles. The molecule has 0 amide bonds. The van der Waals surface area contributed by atoms with Crippen LogP contribution in [0.5, 0.6) is 5.75 Å². The van der Waals surface area contributed by atoms with Crippen LogP contribution in [0.2, 0.25) is 0 Å². The maximum absolute atomic E-state index is 12.3. The fourth-order valence-corrected chi connectivity index (χ4v) is 3.31. The third-order valence-corrected chi connectivity index (χ3v) is 4.58. The van der Waals surface area contributed by atoms with Gasteiger partial charge in [-0.3, -0.25) is 4.79 Å². The largest absolute Gasteiger partial charge is 0.492 e. The van der Waals surface area contributed by atoms with Crippen molar-refractivity contribution < 1.29 is 9.53 Å². The number of rotatable bonds is 2. The van der Waals surface area contributed by atoms with E-state index in [4.69, 9.17) is 4.74 Å². The first-order chi connectivity index (χ1) is 8.25. The predicted molar refractivity (Wildman–Crippen MR) is 76.1 cm³/mol. The molecule has 4 heteroatoms. The van der Waals surface area contributed by atoms with E-state index in [-0.39, 0.29) is 5.78 Å². The summed E-state index contributed by atoms with van der Waals surface area (Å²) >= 11 is 3.81. The van der Waals surface area contributed by atoms with Crippen molar-refractivity contribution in [2.75, 3.05) is 6.61 Å². The molecule has 2 aromatic rings. The van der Waals surface area contributed by atoms with E-state index >= 15 is 0 Å². The number of ether oxygens (including phenoxy) is 1. The maximum Gasteiger partial charge on any atom is 0.197 e. The van der Waals surface area contributed by atoms with E-state index < -0.39 is 0 Å². The average molecular weight is 356 g/mol. The van der Waals surface area contributed by atoms with Gasteiger partial charge in [0.2, 0.25) is 0 Å². The fourth-order valence-electron chi connectivity index (χ4n) is 1.98. The number of ketones is 1. The highest BCUT2D eigenvalue weighted by atomic mass is 127. The zero-order valence-electron chi connectivity index (χ0n) is 8.90. The summed E-state index contributed by atoms with van der Waals surface area (Å²) in [5.74, 6) is 0.835. The Morgan fingerprint density at radius 3 is 3.06 bits per heavy atom. The minimum Gasteiger partial charge on any atom is -0.492 e. The van der Waals surface area contributed by atoms with Crippen LogP contribution >= 0.6 is 33.9 Å². The summed E-state index contributed by atoms with van der Waals surface area (Å²) < 4.78 is 6.68. The predicted octanol–water partition coefficient (Wildman–Crippen LogP) is 3.52. The Morgan fingerprint density at radius 2 is 2.29 bits per heavy atom. The van der Waals surface area contributed by atoms with Gasteiger partial charge in [-0.2, -0.15) is 0 Å². The quantitative estimate of drug-likeness (QED) is 0.608. The molecule has 0 saturated carbocycles. The topological polar surface area (TPSA) is 26.3 Å². The highest BCUT2D eigenvalue weighted by Gasteiger charge is 2.21. The molecule has 0 spiro atoms. The summed E-state index contributed by atoms with van der Waals surface area (Å²) in [6.07, 6.45) is 0.900. The molecular formula is C13H9IO2S. The Morgan fingerprint density at radius 1 is 1.41 bits per heavy atom. The molecule has 2 heterocycles. The van der Waals surface area contributed by atoms with E-state index in [0.29, 0.717) is 12.2 Å². The van der Waals surface area contributed by atoms with Crippen molar-refractivity contribution in [1.82, 2.24) is 0 Å². The number of benzene rings is 1. The molecule has 0 aliphatic carbocycles. The number of hydrogen-bond acceptors (Lipinski definition) is 3. The Hall–Kier alpha value is -0.880. The average Bonchev–Trinajstić information content (AvgIpc) is 2.95. The van der Waals surface area contributed by atoms with Crippen molar-refractivity contribution in [3.63, 3.8) is 0 Å². The van der Waals surface area contributed by atoms with Crippen LogP contribution in [-0.4, -0.2) is 12.4 Å². The van der Waals surface area contributed by atoms with Crippen LogP contribution in [0, 0.1) is 2.88 Å².